The zero-order chi connectivity index (χ0) is 15.3. The molecule has 0 radical (unpaired) electrons. The Kier molecular flexibility index (Phi) is 2.59. The minimum absolute atomic E-state index is 0.0573. The van der Waals surface area contributed by atoms with Crippen LogP contribution in [0.15, 0.2) is 24.5 Å². The van der Waals surface area contributed by atoms with Gasteiger partial charge in [0.1, 0.15) is 11.9 Å². The summed E-state index contributed by atoms with van der Waals surface area (Å²) in [5, 5.41) is 18.7. The van der Waals surface area contributed by atoms with Crippen LogP contribution >= 0.6 is 0 Å². The number of alkyl halides is 3. The average Bonchev–Trinajstić information content (AvgIpc) is 3.04. The van der Waals surface area contributed by atoms with E-state index in [1.807, 2.05) is 4.90 Å². The first-order valence-electron chi connectivity index (χ1n) is 6.43. The van der Waals surface area contributed by atoms with Gasteiger partial charge in [-0.2, -0.15) is 32.7 Å². The standard InChI is InChI=1S/C11H9F3N8/c12-11(13,14)10-18-17-8-1-2-9(19-21(8)10)20-5-7(6-20)22-15-3-4-16-22/h1-4,7H,5-6H2. The van der Waals surface area contributed by atoms with Crippen molar-refractivity contribution in [2.45, 2.75) is 12.2 Å². The number of anilines is 1. The van der Waals surface area contributed by atoms with Gasteiger partial charge in [0.05, 0.1) is 12.4 Å². The van der Waals surface area contributed by atoms with Crippen LogP contribution in [0.2, 0.25) is 0 Å². The first-order valence-corrected chi connectivity index (χ1v) is 6.43. The van der Waals surface area contributed by atoms with Crippen LogP contribution in [0.3, 0.4) is 0 Å². The molecule has 0 saturated carbocycles. The summed E-state index contributed by atoms with van der Waals surface area (Å²) in [6.07, 6.45) is -1.43. The molecule has 0 spiro atoms. The van der Waals surface area contributed by atoms with E-state index >= 15 is 0 Å². The third-order valence-corrected chi connectivity index (χ3v) is 3.45. The predicted octanol–water partition coefficient (Wildman–Crippen LogP) is 0.796. The summed E-state index contributed by atoms with van der Waals surface area (Å²) >= 11 is 0. The van der Waals surface area contributed by atoms with Crippen molar-refractivity contribution in [3.05, 3.63) is 30.4 Å². The Morgan fingerprint density at radius 3 is 2.45 bits per heavy atom. The van der Waals surface area contributed by atoms with Gasteiger partial charge >= 0.3 is 6.18 Å². The highest BCUT2D eigenvalue weighted by Gasteiger charge is 2.38. The van der Waals surface area contributed by atoms with Gasteiger partial charge in [-0.3, -0.25) is 0 Å². The Labute approximate surface area is 121 Å². The van der Waals surface area contributed by atoms with Gasteiger partial charge in [0.25, 0.3) is 5.82 Å². The van der Waals surface area contributed by atoms with Crippen LogP contribution in [-0.2, 0) is 6.18 Å². The molecule has 1 aliphatic heterocycles. The second-order valence-electron chi connectivity index (χ2n) is 4.89. The second-order valence-corrected chi connectivity index (χ2v) is 4.89. The lowest BCUT2D eigenvalue weighted by atomic mass is 10.1. The molecular weight excluding hydrogens is 301 g/mol. The third kappa shape index (κ3) is 1.96. The summed E-state index contributed by atoms with van der Waals surface area (Å²) in [6, 6.07) is 3.18. The Balaban J connectivity index is 1.61. The largest absolute Gasteiger partial charge is 0.453 e. The average molecular weight is 310 g/mol. The lowest BCUT2D eigenvalue weighted by Gasteiger charge is -2.38. The zero-order valence-corrected chi connectivity index (χ0v) is 11.0. The molecule has 3 aromatic heterocycles. The number of nitrogens with zero attached hydrogens (tertiary/aromatic N) is 8. The Hall–Kier alpha value is -2.72. The number of hydrogen-bond acceptors (Lipinski definition) is 6. The summed E-state index contributed by atoms with van der Waals surface area (Å²) in [6.45, 7) is 1.16. The van der Waals surface area contributed by atoms with Crippen LogP contribution in [0.25, 0.3) is 5.65 Å². The molecule has 0 atom stereocenters. The predicted molar refractivity (Wildman–Crippen MR) is 67.1 cm³/mol. The highest BCUT2D eigenvalue weighted by Crippen LogP contribution is 2.29. The first kappa shape index (κ1) is 13.0. The van der Waals surface area contributed by atoms with Gasteiger partial charge in [0.15, 0.2) is 5.65 Å². The molecule has 1 saturated heterocycles. The molecule has 11 heteroatoms. The van der Waals surface area contributed by atoms with E-state index in [1.54, 1.807) is 23.3 Å². The van der Waals surface area contributed by atoms with Crippen LogP contribution in [-0.4, -0.2) is 47.9 Å². The van der Waals surface area contributed by atoms with E-state index in [-0.39, 0.29) is 11.7 Å². The fourth-order valence-electron chi connectivity index (χ4n) is 2.33. The number of rotatable bonds is 2. The molecule has 4 heterocycles. The van der Waals surface area contributed by atoms with E-state index in [0.717, 1.165) is 4.52 Å². The molecule has 1 fully saturated rings. The minimum atomic E-state index is -4.60. The fraction of sp³-hybridized carbons (Fsp3) is 0.364. The molecule has 0 bridgehead atoms. The molecule has 0 amide bonds. The molecule has 3 aromatic rings. The molecule has 8 nitrogen and oxygen atoms in total. The van der Waals surface area contributed by atoms with Gasteiger partial charge in [0.2, 0.25) is 0 Å². The summed E-state index contributed by atoms with van der Waals surface area (Å²) < 4.78 is 39.2. The lowest BCUT2D eigenvalue weighted by molar-refractivity contribution is -0.146. The van der Waals surface area contributed by atoms with Crippen molar-refractivity contribution in [1.29, 1.82) is 0 Å². The van der Waals surface area contributed by atoms with Crippen molar-refractivity contribution in [1.82, 2.24) is 34.8 Å². The Morgan fingerprint density at radius 2 is 1.77 bits per heavy atom. The molecule has 114 valence electrons. The van der Waals surface area contributed by atoms with E-state index in [0.29, 0.717) is 18.9 Å². The van der Waals surface area contributed by atoms with Crippen LogP contribution in [0, 0.1) is 0 Å². The van der Waals surface area contributed by atoms with Crippen molar-refractivity contribution in [3.63, 3.8) is 0 Å². The van der Waals surface area contributed by atoms with Gasteiger partial charge in [-0.15, -0.1) is 15.3 Å². The van der Waals surface area contributed by atoms with Crippen LogP contribution in [0.4, 0.5) is 19.0 Å². The lowest BCUT2D eigenvalue weighted by Crippen LogP contribution is -2.49. The summed E-state index contributed by atoms with van der Waals surface area (Å²) in [4.78, 5) is 3.42. The molecule has 4 rings (SSSR count). The Bertz CT molecular complexity index is 802. The van der Waals surface area contributed by atoms with E-state index in [2.05, 4.69) is 25.5 Å². The Morgan fingerprint density at radius 1 is 1.05 bits per heavy atom. The zero-order valence-electron chi connectivity index (χ0n) is 11.0. The summed E-state index contributed by atoms with van der Waals surface area (Å²) in [7, 11) is 0. The topological polar surface area (TPSA) is 77.0 Å². The molecular formula is C11H9F3N8. The maximum Gasteiger partial charge on any atom is 0.453 e. The highest BCUT2D eigenvalue weighted by molar-refractivity contribution is 5.47. The third-order valence-electron chi connectivity index (χ3n) is 3.45. The molecule has 0 aliphatic carbocycles. The van der Waals surface area contributed by atoms with Crippen LogP contribution in [0.1, 0.15) is 11.9 Å². The number of aromatic nitrogens is 7. The monoisotopic (exact) mass is 310 g/mol. The highest BCUT2D eigenvalue weighted by atomic mass is 19.4. The van der Waals surface area contributed by atoms with E-state index < -0.39 is 12.0 Å². The molecule has 22 heavy (non-hydrogen) atoms. The first-order chi connectivity index (χ1) is 10.5. The maximum atomic E-state index is 12.8. The molecule has 1 aliphatic rings. The van der Waals surface area contributed by atoms with Crippen molar-refractivity contribution in [2.75, 3.05) is 18.0 Å². The SMILES string of the molecule is FC(F)(F)c1nnc2ccc(N3CC(n4nccn4)C3)nn12. The summed E-state index contributed by atoms with van der Waals surface area (Å²) in [5.41, 5.74) is 0.0573. The van der Waals surface area contributed by atoms with Gasteiger partial charge in [0, 0.05) is 13.1 Å². The van der Waals surface area contributed by atoms with Crippen LogP contribution < -0.4 is 4.90 Å². The molecule has 0 unspecified atom stereocenters. The van der Waals surface area contributed by atoms with Crippen molar-refractivity contribution >= 4 is 11.5 Å². The molecule has 0 aromatic carbocycles. The van der Waals surface area contributed by atoms with E-state index in [4.69, 9.17) is 0 Å². The van der Waals surface area contributed by atoms with Gasteiger partial charge < -0.3 is 4.90 Å². The normalized spacial score (nSPS) is 16.2. The summed E-state index contributed by atoms with van der Waals surface area (Å²) in [5.74, 6) is -0.698. The van der Waals surface area contributed by atoms with Crippen molar-refractivity contribution in [3.8, 4) is 0 Å². The van der Waals surface area contributed by atoms with Crippen LogP contribution in [0.5, 0.6) is 0 Å². The van der Waals surface area contributed by atoms with E-state index in [1.165, 1.54) is 6.07 Å². The van der Waals surface area contributed by atoms with Gasteiger partial charge in [-0.05, 0) is 12.1 Å². The van der Waals surface area contributed by atoms with Gasteiger partial charge in [-0.1, -0.05) is 0 Å². The quantitative estimate of drug-likeness (QED) is 0.697. The van der Waals surface area contributed by atoms with E-state index in [9.17, 15) is 13.2 Å². The minimum Gasteiger partial charge on any atom is -0.351 e. The number of hydrogen-bond donors (Lipinski definition) is 0. The smallest absolute Gasteiger partial charge is 0.351 e. The maximum absolute atomic E-state index is 12.8. The fourth-order valence-corrected chi connectivity index (χ4v) is 2.33. The molecule has 0 N–H and O–H groups in total. The van der Waals surface area contributed by atoms with Crippen molar-refractivity contribution in [2.24, 2.45) is 0 Å². The van der Waals surface area contributed by atoms with Crippen molar-refractivity contribution < 1.29 is 13.2 Å². The number of halogens is 3. The second kappa shape index (κ2) is 4.39. The number of fused-ring (bicyclic) bond motifs is 1. The van der Waals surface area contributed by atoms with Gasteiger partial charge in [-0.25, -0.2) is 0 Å².